The topological polar surface area (TPSA) is 32.3 Å². The zero-order chi connectivity index (χ0) is 16.1. The lowest BCUT2D eigenvalue weighted by molar-refractivity contribution is 0.189. The Morgan fingerprint density at radius 1 is 1.04 bits per heavy atom. The summed E-state index contributed by atoms with van der Waals surface area (Å²) < 4.78 is 0. The minimum Gasteiger partial charge on any atom is -0.369 e. The van der Waals surface area contributed by atoms with Gasteiger partial charge in [0.2, 0.25) is 0 Å². The van der Waals surface area contributed by atoms with E-state index < -0.39 is 0 Å². The molecule has 1 saturated heterocycles. The van der Waals surface area contributed by atoms with Crippen molar-refractivity contribution in [1.29, 1.82) is 0 Å². The molecule has 1 aliphatic heterocycles. The average molecular weight is 321 g/mol. The van der Waals surface area contributed by atoms with Crippen molar-refractivity contribution in [2.45, 2.75) is 37.5 Å². The zero-order valence-electron chi connectivity index (χ0n) is 14.4. The molecule has 4 nitrogen and oxygen atoms in total. The van der Waals surface area contributed by atoms with E-state index >= 15 is 0 Å². The van der Waals surface area contributed by atoms with Crippen LogP contribution >= 0.6 is 0 Å². The third kappa shape index (κ3) is 2.39. The molecule has 1 aromatic rings. The lowest BCUT2D eigenvalue weighted by Gasteiger charge is -2.35. The Balaban J connectivity index is 1.31. The van der Waals surface area contributed by atoms with E-state index in [1.54, 1.807) is 0 Å². The molecule has 0 aromatic carbocycles. The number of allylic oxidation sites excluding steroid dienone is 3. The largest absolute Gasteiger partial charge is 0.369 e. The Labute approximate surface area is 144 Å². The van der Waals surface area contributed by atoms with Gasteiger partial charge in [-0.15, -0.1) is 0 Å². The second-order valence-corrected chi connectivity index (χ2v) is 7.72. The highest BCUT2D eigenvalue weighted by atomic mass is 15.2. The molecule has 1 saturated carbocycles. The van der Waals surface area contributed by atoms with Crippen LogP contribution in [0.4, 0.5) is 0 Å². The number of fused-ring (bicyclic) bond motifs is 5. The lowest BCUT2D eigenvalue weighted by Crippen LogP contribution is -2.43. The van der Waals surface area contributed by atoms with Gasteiger partial charge in [-0.05, 0) is 50.3 Å². The number of aromatic nitrogens is 2. The van der Waals surface area contributed by atoms with Crippen LogP contribution < -0.4 is 0 Å². The van der Waals surface area contributed by atoms with E-state index in [1.807, 2.05) is 0 Å². The Kier molecular flexibility index (Phi) is 3.47. The van der Waals surface area contributed by atoms with E-state index in [-0.39, 0.29) is 0 Å². The highest BCUT2D eigenvalue weighted by molar-refractivity contribution is 5.41. The normalized spacial score (nSPS) is 29.9. The summed E-state index contributed by atoms with van der Waals surface area (Å²) in [5.41, 5.74) is 4.15. The molecule has 24 heavy (non-hydrogen) atoms. The fraction of sp³-hybridized carbons (Fsp3) is 0.550. The summed E-state index contributed by atoms with van der Waals surface area (Å²) in [4.78, 5) is 14.5. The maximum atomic E-state index is 4.96. The van der Waals surface area contributed by atoms with Crippen LogP contribution in [0.5, 0.6) is 0 Å². The van der Waals surface area contributed by atoms with Crippen molar-refractivity contribution in [2.24, 2.45) is 0 Å². The number of hydrogen-bond acceptors (Lipinski definition) is 4. The van der Waals surface area contributed by atoms with Crippen LogP contribution in [0, 0.1) is 5.92 Å². The average Bonchev–Trinajstić information content (AvgIpc) is 3.25. The molecule has 4 aliphatic rings. The van der Waals surface area contributed by atoms with Gasteiger partial charge in [0.05, 0.1) is 11.6 Å². The fourth-order valence-corrected chi connectivity index (χ4v) is 4.71. The van der Waals surface area contributed by atoms with Crippen molar-refractivity contribution in [3.8, 4) is 0 Å². The first-order chi connectivity index (χ1) is 11.8. The van der Waals surface area contributed by atoms with Crippen LogP contribution in [0.25, 0.3) is 0 Å². The van der Waals surface area contributed by atoms with Gasteiger partial charge in [-0.3, -0.25) is 0 Å². The number of nitrogens with zero attached hydrogens (tertiary/aromatic N) is 4. The van der Waals surface area contributed by atoms with E-state index in [2.05, 4.69) is 41.3 Å². The van der Waals surface area contributed by atoms with Gasteiger partial charge in [0.25, 0.3) is 0 Å². The molecule has 1 aromatic heterocycles. The van der Waals surface area contributed by atoms with Gasteiger partial charge in [-0.2, -0.15) is 0 Å². The van der Waals surface area contributed by atoms with Gasteiger partial charge >= 0.3 is 0 Å². The first-order valence-corrected chi connectivity index (χ1v) is 9.32. The molecule has 2 heterocycles. The van der Waals surface area contributed by atoms with Gasteiger partial charge in [0, 0.05) is 44.0 Å². The second kappa shape index (κ2) is 5.69. The predicted octanol–water partition coefficient (Wildman–Crippen LogP) is 2.86. The van der Waals surface area contributed by atoms with Gasteiger partial charge in [0.1, 0.15) is 5.82 Å². The Bertz CT molecular complexity index is 700. The van der Waals surface area contributed by atoms with Gasteiger partial charge < -0.3 is 9.80 Å². The summed E-state index contributed by atoms with van der Waals surface area (Å²) >= 11 is 0. The molecular formula is C20H25N4. The third-order valence-electron chi connectivity index (χ3n) is 6.25. The Morgan fingerprint density at radius 3 is 2.67 bits per heavy atom. The number of rotatable bonds is 2. The van der Waals surface area contributed by atoms with Crippen molar-refractivity contribution in [1.82, 2.24) is 19.8 Å². The van der Waals surface area contributed by atoms with Gasteiger partial charge in [0.15, 0.2) is 0 Å². The van der Waals surface area contributed by atoms with Crippen molar-refractivity contribution in [3.05, 3.63) is 53.1 Å². The number of hydrogen-bond donors (Lipinski definition) is 0. The standard InChI is InChI=1S/C20H25N4/c1-23-8-10-24(11-9-23)17-6-4-14(5-7-17)20-21-13-18-15-2-3-16(12-15)19(18)22-20/h4,6-7,13,15-16H,2-3,5,8-12H2,1H3. The zero-order valence-corrected chi connectivity index (χ0v) is 14.4. The highest BCUT2D eigenvalue weighted by Gasteiger charge is 2.38. The summed E-state index contributed by atoms with van der Waals surface area (Å²) in [5, 5.41) is 0. The molecule has 5 rings (SSSR count). The van der Waals surface area contributed by atoms with Crippen LogP contribution in [0.1, 0.15) is 54.6 Å². The van der Waals surface area contributed by atoms with Gasteiger partial charge in [-0.1, -0.05) is 12.2 Å². The van der Waals surface area contributed by atoms with E-state index in [1.165, 1.54) is 42.1 Å². The first-order valence-electron chi connectivity index (χ1n) is 9.32. The lowest BCUT2D eigenvalue weighted by atomic mass is 9.95. The Hall–Kier alpha value is -1.68. The van der Waals surface area contributed by atoms with Crippen LogP contribution in [0.2, 0.25) is 0 Å². The molecule has 2 atom stereocenters. The molecule has 2 bridgehead atoms. The first kappa shape index (κ1) is 14.6. The molecule has 3 aliphatic carbocycles. The van der Waals surface area contributed by atoms with Crippen LogP contribution in [-0.4, -0.2) is 53.0 Å². The van der Waals surface area contributed by atoms with Crippen molar-refractivity contribution in [2.75, 3.05) is 33.2 Å². The van der Waals surface area contributed by atoms with E-state index in [9.17, 15) is 0 Å². The minimum absolute atomic E-state index is 0.705. The summed E-state index contributed by atoms with van der Waals surface area (Å²) in [6.45, 7) is 4.55. The molecule has 125 valence electrons. The molecule has 4 heteroatoms. The van der Waals surface area contributed by atoms with E-state index in [0.717, 1.165) is 44.3 Å². The maximum Gasteiger partial charge on any atom is 0.140 e. The van der Waals surface area contributed by atoms with Gasteiger partial charge in [-0.25, -0.2) is 9.97 Å². The quantitative estimate of drug-likeness (QED) is 0.838. The van der Waals surface area contributed by atoms with Crippen LogP contribution in [-0.2, 0) is 0 Å². The third-order valence-corrected chi connectivity index (χ3v) is 6.25. The monoisotopic (exact) mass is 321 g/mol. The predicted molar refractivity (Wildman–Crippen MR) is 94.6 cm³/mol. The fourth-order valence-electron chi connectivity index (χ4n) is 4.71. The molecule has 0 spiro atoms. The smallest absolute Gasteiger partial charge is 0.140 e. The summed E-state index contributed by atoms with van der Waals surface area (Å²) in [7, 11) is 2.20. The molecular weight excluding hydrogens is 296 g/mol. The minimum atomic E-state index is 0.705. The summed E-state index contributed by atoms with van der Waals surface area (Å²) in [6, 6.07) is 0. The van der Waals surface area contributed by atoms with Crippen molar-refractivity contribution in [3.63, 3.8) is 0 Å². The molecule has 1 radical (unpaired) electrons. The molecule has 2 fully saturated rings. The highest BCUT2D eigenvalue weighted by Crippen LogP contribution is 2.52. The van der Waals surface area contributed by atoms with E-state index in [4.69, 9.17) is 9.97 Å². The SMILES string of the molecule is CN1CCN(C2=CC[C](c3ncc4c(n3)C3CCC4C3)C=C2)CC1. The van der Waals surface area contributed by atoms with E-state index in [0.29, 0.717) is 5.92 Å². The van der Waals surface area contributed by atoms with Crippen molar-refractivity contribution < 1.29 is 0 Å². The molecule has 0 N–H and O–H groups in total. The van der Waals surface area contributed by atoms with Crippen LogP contribution in [0.15, 0.2) is 30.1 Å². The summed E-state index contributed by atoms with van der Waals surface area (Å²) in [6.07, 6.45) is 13.9. The number of likely N-dealkylation sites (N-methyl/N-ethyl adjacent to an activating group) is 1. The summed E-state index contributed by atoms with van der Waals surface area (Å²) in [5.74, 6) is 3.66. The maximum absolute atomic E-state index is 4.96. The molecule has 0 amide bonds. The second-order valence-electron chi connectivity index (χ2n) is 7.72. The van der Waals surface area contributed by atoms with Crippen molar-refractivity contribution >= 4 is 0 Å². The van der Waals surface area contributed by atoms with Crippen LogP contribution in [0.3, 0.4) is 0 Å². The Morgan fingerprint density at radius 2 is 1.88 bits per heavy atom. The number of piperazine rings is 1. The molecule has 2 unspecified atom stereocenters.